The molecule has 3 heteroatoms. The average Bonchev–Trinajstić information content (AvgIpc) is 2.37. The zero-order chi connectivity index (χ0) is 12.3. The first kappa shape index (κ1) is 11.5. The molecule has 1 N–H and O–H groups in total. The first-order chi connectivity index (χ1) is 8.26. The van der Waals surface area contributed by atoms with E-state index in [1.807, 2.05) is 0 Å². The van der Waals surface area contributed by atoms with E-state index >= 15 is 0 Å². The van der Waals surface area contributed by atoms with Crippen LogP contribution in [0.4, 0.5) is 4.39 Å². The molecule has 0 radical (unpaired) electrons. The van der Waals surface area contributed by atoms with Gasteiger partial charge in [-0.1, -0.05) is 30.3 Å². The van der Waals surface area contributed by atoms with Crippen LogP contribution in [0.1, 0.15) is 15.9 Å². The molecule has 0 bridgehead atoms. The third kappa shape index (κ3) is 2.24. The highest BCUT2D eigenvalue weighted by molar-refractivity contribution is 5.82. The molecule has 0 aliphatic carbocycles. The fraction of sp³-hybridized carbons (Fsp3) is 0.0714. The van der Waals surface area contributed by atoms with Crippen LogP contribution in [0, 0.1) is 5.82 Å². The summed E-state index contributed by atoms with van der Waals surface area (Å²) in [6, 6.07) is 11.2. The molecule has 2 rings (SSSR count). The van der Waals surface area contributed by atoms with Crippen LogP contribution in [0.5, 0.6) is 0 Å². The van der Waals surface area contributed by atoms with Crippen molar-refractivity contribution < 1.29 is 14.3 Å². The molecule has 0 atom stereocenters. The van der Waals surface area contributed by atoms with Gasteiger partial charge in [0.25, 0.3) is 0 Å². The minimum absolute atomic E-state index is 0.249. The van der Waals surface area contributed by atoms with E-state index in [2.05, 4.69) is 0 Å². The number of hydrogen-bond acceptors (Lipinski definition) is 2. The molecule has 0 saturated heterocycles. The Hall–Kier alpha value is -2.00. The van der Waals surface area contributed by atoms with E-state index in [4.69, 9.17) is 0 Å². The number of aliphatic hydroxyl groups is 1. The molecule has 2 nitrogen and oxygen atoms in total. The van der Waals surface area contributed by atoms with Gasteiger partial charge in [-0.3, -0.25) is 4.79 Å². The van der Waals surface area contributed by atoms with Crippen LogP contribution in [-0.2, 0) is 6.61 Å². The third-order valence-electron chi connectivity index (χ3n) is 2.63. The van der Waals surface area contributed by atoms with E-state index in [1.165, 1.54) is 12.1 Å². The Morgan fingerprint density at radius 1 is 1.18 bits per heavy atom. The van der Waals surface area contributed by atoms with Gasteiger partial charge in [0.05, 0.1) is 6.61 Å². The molecule has 17 heavy (non-hydrogen) atoms. The molecule has 0 fully saturated rings. The van der Waals surface area contributed by atoms with Crippen molar-refractivity contribution in [1.29, 1.82) is 0 Å². The van der Waals surface area contributed by atoms with Crippen LogP contribution in [0.15, 0.2) is 42.5 Å². The molecular formula is C14H11FO2. The summed E-state index contributed by atoms with van der Waals surface area (Å²) >= 11 is 0. The Morgan fingerprint density at radius 2 is 1.94 bits per heavy atom. The predicted octanol–water partition coefficient (Wildman–Crippen LogP) is 2.80. The van der Waals surface area contributed by atoms with Crippen LogP contribution in [0.2, 0.25) is 0 Å². The second kappa shape index (κ2) is 4.89. The molecule has 2 aromatic carbocycles. The molecule has 0 unspecified atom stereocenters. The Bertz CT molecular complexity index is 550. The number of hydrogen-bond donors (Lipinski definition) is 1. The standard InChI is InChI=1S/C14H11FO2/c15-12-5-1-3-10(7-12)13-6-2-4-11(8-16)14(13)9-17/h1-8,17H,9H2. The molecule has 0 heterocycles. The Labute approximate surface area is 98.3 Å². The van der Waals surface area contributed by atoms with Crippen LogP contribution in [0.25, 0.3) is 11.1 Å². The van der Waals surface area contributed by atoms with Gasteiger partial charge in [-0.05, 0) is 28.8 Å². The topological polar surface area (TPSA) is 37.3 Å². The van der Waals surface area contributed by atoms with Gasteiger partial charge < -0.3 is 5.11 Å². The van der Waals surface area contributed by atoms with Gasteiger partial charge in [0, 0.05) is 5.56 Å². The first-order valence-electron chi connectivity index (χ1n) is 5.20. The molecular weight excluding hydrogens is 219 g/mol. The highest BCUT2D eigenvalue weighted by Gasteiger charge is 2.09. The van der Waals surface area contributed by atoms with E-state index in [9.17, 15) is 14.3 Å². The quantitative estimate of drug-likeness (QED) is 0.823. The Kier molecular flexibility index (Phi) is 3.30. The van der Waals surface area contributed by atoms with Crippen molar-refractivity contribution in [3.8, 4) is 11.1 Å². The van der Waals surface area contributed by atoms with Crippen molar-refractivity contribution in [3.63, 3.8) is 0 Å². The zero-order valence-electron chi connectivity index (χ0n) is 9.06. The molecule has 86 valence electrons. The second-order valence-corrected chi connectivity index (χ2v) is 3.66. The highest BCUT2D eigenvalue weighted by atomic mass is 19.1. The zero-order valence-corrected chi connectivity index (χ0v) is 9.06. The summed E-state index contributed by atoms with van der Waals surface area (Å²) in [6.45, 7) is -0.249. The number of aldehydes is 1. The van der Waals surface area contributed by atoms with Crippen molar-refractivity contribution in [2.45, 2.75) is 6.61 Å². The summed E-state index contributed by atoms with van der Waals surface area (Å²) in [6.07, 6.45) is 0.689. The van der Waals surface area contributed by atoms with Crippen molar-refractivity contribution in [2.24, 2.45) is 0 Å². The van der Waals surface area contributed by atoms with Gasteiger partial charge >= 0.3 is 0 Å². The average molecular weight is 230 g/mol. The van der Waals surface area contributed by atoms with E-state index in [-0.39, 0.29) is 12.4 Å². The third-order valence-corrected chi connectivity index (χ3v) is 2.63. The van der Waals surface area contributed by atoms with E-state index in [1.54, 1.807) is 30.3 Å². The molecule has 0 aromatic heterocycles. The minimum Gasteiger partial charge on any atom is -0.392 e. The lowest BCUT2D eigenvalue weighted by Gasteiger charge is -2.09. The lowest BCUT2D eigenvalue weighted by molar-refractivity contribution is 0.112. The number of carbonyl (C=O) groups is 1. The maximum Gasteiger partial charge on any atom is 0.150 e. The fourth-order valence-corrected chi connectivity index (χ4v) is 1.82. The summed E-state index contributed by atoms with van der Waals surface area (Å²) < 4.78 is 13.1. The molecule has 0 saturated carbocycles. The van der Waals surface area contributed by atoms with Crippen LogP contribution in [-0.4, -0.2) is 11.4 Å². The lowest BCUT2D eigenvalue weighted by atomic mass is 9.96. The lowest BCUT2D eigenvalue weighted by Crippen LogP contribution is -1.96. The first-order valence-corrected chi connectivity index (χ1v) is 5.20. The van der Waals surface area contributed by atoms with Gasteiger partial charge in [0.15, 0.2) is 0 Å². The fourth-order valence-electron chi connectivity index (χ4n) is 1.82. The van der Waals surface area contributed by atoms with Gasteiger partial charge in [-0.25, -0.2) is 4.39 Å². The smallest absolute Gasteiger partial charge is 0.150 e. The van der Waals surface area contributed by atoms with Crippen LogP contribution < -0.4 is 0 Å². The SMILES string of the molecule is O=Cc1cccc(-c2cccc(F)c2)c1CO. The summed E-state index contributed by atoms with van der Waals surface area (Å²) in [4.78, 5) is 10.9. The normalized spacial score (nSPS) is 10.2. The maximum atomic E-state index is 13.1. The van der Waals surface area contributed by atoms with Gasteiger partial charge in [-0.15, -0.1) is 0 Å². The number of benzene rings is 2. The number of rotatable bonds is 3. The summed E-state index contributed by atoms with van der Waals surface area (Å²) in [7, 11) is 0. The second-order valence-electron chi connectivity index (χ2n) is 3.66. The molecule has 0 spiro atoms. The van der Waals surface area contributed by atoms with Gasteiger partial charge in [0.2, 0.25) is 0 Å². The van der Waals surface area contributed by atoms with E-state index in [0.717, 1.165) is 0 Å². The van der Waals surface area contributed by atoms with Crippen LogP contribution in [0.3, 0.4) is 0 Å². The minimum atomic E-state index is -0.345. The van der Waals surface area contributed by atoms with Crippen molar-refractivity contribution in [2.75, 3.05) is 0 Å². The molecule has 0 amide bonds. The van der Waals surface area contributed by atoms with Crippen molar-refractivity contribution >= 4 is 6.29 Å². The monoisotopic (exact) mass is 230 g/mol. The number of carbonyl (C=O) groups excluding carboxylic acids is 1. The maximum absolute atomic E-state index is 13.1. The summed E-state index contributed by atoms with van der Waals surface area (Å²) in [5.41, 5.74) is 2.27. The molecule has 2 aromatic rings. The highest BCUT2D eigenvalue weighted by Crippen LogP contribution is 2.26. The Morgan fingerprint density at radius 3 is 2.59 bits per heavy atom. The number of aliphatic hydroxyl groups excluding tert-OH is 1. The molecule has 0 aliphatic rings. The number of halogens is 1. The van der Waals surface area contributed by atoms with E-state index < -0.39 is 0 Å². The van der Waals surface area contributed by atoms with Gasteiger partial charge in [0.1, 0.15) is 12.1 Å². The summed E-state index contributed by atoms with van der Waals surface area (Å²) in [5.74, 6) is -0.345. The summed E-state index contributed by atoms with van der Waals surface area (Å²) in [5, 5.41) is 9.31. The van der Waals surface area contributed by atoms with Crippen LogP contribution >= 0.6 is 0 Å². The largest absolute Gasteiger partial charge is 0.392 e. The van der Waals surface area contributed by atoms with Crippen molar-refractivity contribution in [1.82, 2.24) is 0 Å². The van der Waals surface area contributed by atoms with Crippen molar-refractivity contribution in [3.05, 3.63) is 59.4 Å². The molecule has 0 aliphatic heterocycles. The Balaban J connectivity index is 2.62. The van der Waals surface area contributed by atoms with E-state index in [0.29, 0.717) is 28.5 Å². The van der Waals surface area contributed by atoms with Gasteiger partial charge in [-0.2, -0.15) is 0 Å². The predicted molar refractivity (Wildman–Crippen MR) is 63.1 cm³/mol.